The van der Waals surface area contributed by atoms with Crippen molar-refractivity contribution in [2.75, 3.05) is 20.8 Å². The van der Waals surface area contributed by atoms with Crippen LogP contribution in [-0.4, -0.2) is 20.8 Å². The summed E-state index contributed by atoms with van der Waals surface area (Å²) in [4.78, 5) is 0. The summed E-state index contributed by atoms with van der Waals surface area (Å²) in [5.41, 5.74) is 8.33. The van der Waals surface area contributed by atoms with Gasteiger partial charge in [0.15, 0.2) is 0 Å². The number of ether oxygens (including phenoxy) is 2. The van der Waals surface area contributed by atoms with E-state index in [0.717, 1.165) is 46.6 Å². The Morgan fingerprint density at radius 2 is 1.91 bits per heavy atom. The van der Waals surface area contributed by atoms with Crippen LogP contribution in [0.25, 0.3) is 11.1 Å². The van der Waals surface area contributed by atoms with Crippen molar-refractivity contribution >= 4 is 0 Å². The molecule has 0 bridgehead atoms. The van der Waals surface area contributed by atoms with Gasteiger partial charge in [0.25, 0.3) is 0 Å². The van der Waals surface area contributed by atoms with E-state index in [1.54, 1.807) is 19.2 Å². The normalized spacial score (nSPS) is 12.6. The number of nitrogens with two attached hydrogens (primary N) is 1. The van der Waals surface area contributed by atoms with Crippen molar-refractivity contribution in [1.82, 2.24) is 0 Å². The lowest BCUT2D eigenvalue weighted by molar-refractivity contribution is 0.289. The summed E-state index contributed by atoms with van der Waals surface area (Å²) in [6.07, 6.45) is 1.81. The average Bonchev–Trinajstić information content (AvgIpc) is 2.56. The van der Waals surface area contributed by atoms with Crippen molar-refractivity contribution in [3.8, 4) is 22.6 Å². The van der Waals surface area contributed by atoms with Crippen molar-refractivity contribution in [2.45, 2.75) is 19.8 Å². The maximum atomic E-state index is 13.8. The second-order valence-electron chi connectivity index (χ2n) is 5.07. The molecule has 4 heteroatoms. The van der Waals surface area contributed by atoms with Gasteiger partial charge in [0.05, 0.1) is 13.7 Å². The Morgan fingerprint density at radius 1 is 1.14 bits per heavy atom. The molecule has 0 amide bonds. The number of methoxy groups -OCH3 is 1. The molecule has 0 saturated carbocycles. The molecule has 0 aromatic heterocycles. The predicted octanol–water partition coefficient (Wildman–Crippen LogP) is 3.71. The molecule has 1 aliphatic rings. The van der Waals surface area contributed by atoms with Crippen LogP contribution in [-0.2, 0) is 6.42 Å². The quantitative estimate of drug-likeness (QED) is 0.920. The molecule has 2 aromatic carbocycles. The van der Waals surface area contributed by atoms with Gasteiger partial charge in [-0.15, -0.1) is 0 Å². The highest BCUT2D eigenvalue weighted by atomic mass is 19.1. The number of benzene rings is 2. The molecule has 0 unspecified atom stereocenters. The average molecular weight is 303 g/mol. The zero-order valence-electron chi connectivity index (χ0n) is 13.3. The van der Waals surface area contributed by atoms with E-state index in [1.165, 1.54) is 7.05 Å². The third-order valence-electron chi connectivity index (χ3n) is 3.69. The SMILES string of the molecule is CN.COc1ccc(-c2cc(F)cc3c2OCCC3)c(C)c1. The van der Waals surface area contributed by atoms with Gasteiger partial charge in [-0.3, -0.25) is 0 Å². The molecular weight excluding hydrogens is 281 g/mol. The maximum Gasteiger partial charge on any atom is 0.130 e. The molecule has 1 heterocycles. The summed E-state index contributed by atoms with van der Waals surface area (Å²) in [5.74, 6) is 1.42. The summed E-state index contributed by atoms with van der Waals surface area (Å²) in [5, 5.41) is 0. The van der Waals surface area contributed by atoms with Crippen molar-refractivity contribution in [1.29, 1.82) is 0 Å². The highest BCUT2D eigenvalue weighted by molar-refractivity contribution is 5.75. The first-order chi connectivity index (χ1) is 10.7. The highest BCUT2D eigenvalue weighted by Crippen LogP contribution is 2.39. The molecule has 0 saturated heterocycles. The van der Waals surface area contributed by atoms with Gasteiger partial charge < -0.3 is 15.2 Å². The van der Waals surface area contributed by atoms with Gasteiger partial charge >= 0.3 is 0 Å². The van der Waals surface area contributed by atoms with Crippen molar-refractivity contribution < 1.29 is 13.9 Å². The van der Waals surface area contributed by atoms with E-state index >= 15 is 0 Å². The summed E-state index contributed by atoms with van der Waals surface area (Å²) in [7, 11) is 3.14. The van der Waals surface area contributed by atoms with E-state index in [1.807, 2.05) is 25.1 Å². The molecule has 3 rings (SSSR count). The van der Waals surface area contributed by atoms with Gasteiger partial charge in [-0.1, -0.05) is 6.07 Å². The fourth-order valence-corrected chi connectivity index (χ4v) is 2.71. The van der Waals surface area contributed by atoms with E-state index in [-0.39, 0.29) is 5.82 Å². The molecule has 0 spiro atoms. The number of hydrogen-bond donors (Lipinski definition) is 1. The van der Waals surface area contributed by atoms with Gasteiger partial charge in [0.2, 0.25) is 0 Å². The molecule has 0 atom stereocenters. The Hall–Kier alpha value is -2.07. The predicted molar refractivity (Wildman–Crippen MR) is 87.1 cm³/mol. The lowest BCUT2D eigenvalue weighted by Gasteiger charge is -2.21. The van der Waals surface area contributed by atoms with Crippen LogP contribution < -0.4 is 15.2 Å². The Kier molecular flexibility index (Phi) is 5.39. The summed E-state index contributed by atoms with van der Waals surface area (Å²) in [6.45, 7) is 2.69. The first-order valence-corrected chi connectivity index (χ1v) is 7.37. The molecule has 0 radical (unpaired) electrons. The number of hydrogen-bond acceptors (Lipinski definition) is 3. The van der Waals surface area contributed by atoms with E-state index < -0.39 is 0 Å². The van der Waals surface area contributed by atoms with E-state index in [4.69, 9.17) is 9.47 Å². The van der Waals surface area contributed by atoms with Gasteiger partial charge in [0.1, 0.15) is 17.3 Å². The lowest BCUT2D eigenvalue weighted by Crippen LogP contribution is -2.10. The fourth-order valence-electron chi connectivity index (χ4n) is 2.71. The monoisotopic (exact) mass is 303 g/mol. The standard InChI is InChI=1S/C17H17FO2.CH5N/c1-11-8-14(19-2)5-6-15(11)16-10-13(18)9-12-4-3-7-20-17(12)16;1-2/h5-6,8-10H,3-4,7H2,1-2H3;2H2,1H3. The smallest absolute Gasteiger partial charge is 0.130 e. The third kappa shape index (κ3) is 3.22. The van der Waals surface area contributed by atoms with Crippen LogP contribution in [0.1, 0.15) is 17.5 Å². The van der Waals surface area contributed by atoms with E-state index in [0.29, 0.717) is 6.61 Å². The number of rotatable bonds is 2. The molecule has 3 nitrogen and oxygen atoms in total. The molecule has 2 N–H and O–H groups in total. The number of aryl methyl sites for hydroxylation is 2. The first kappa shape index (κ1) is 16.3. The van der Waals surface area contributed by atoms with Crippen LogP contribution in [0.2, 0.25) is 0 Å². The van der Waals surface area contributed by atoms with E-state index in [2.05, 4.69) is 5.73 Å². The van der Waals surface area contributed by atoms with Crippen LogP contribution >= 0.6 is 0 Å². The maximum absolute atomic E-state index is 13.8. The van der Waals surface area contributed by atoms with Crippen LogP contribution in [0.15, 0.2) is 30.3 Å². The van der Waals surface area contributed by atoms with Gasteiger partial charge in [-0.25, -0.2) is 4.39 Å². The zero-order valence-corrected chi connectivity index (χ0v) is 13.3. The van der Waals surface area contributed by atoms with Gasteiger partial charge in [-0.2, -0.15) is 0 Å². The molecule has 0 fully saturated rings. The summed E-state index contributed by atoms with van der Waals surface area (Å²) < 4.78 is 24.8. The van der Waals surface area contributed by atoms with Crippen molar-refractivity contribution in [3.63, 3.8) is 0 Å². The molecule has 22 heavy (non-hydrogen) atoms. The Bertz CT molecular complexity index is 656. The lowest BCUT2D eigenvalue weighted by atomic mass is 9.94. The minimum atomic E-state index is -0.209. The molecule has 2 aromatic rings. The highest BCUT2D eigenvalue weighted by Gasteiger charge is 2.18. The Balaban J connectivity index is 0.000000847. The largest absolute Gasteiger partial charge is 0.497 e. The zero-order chi connectivity index (χ0) is 16.1. The third-order valence-corrected chi connectivity index (χ3v) is 3.69. The summed E-state index contributed by atoms with van der Waals surface area (Å²) in [6, 6.07) is 8.94. The van der Waals surface area contributed by atoms with Crippen LogP contribution in [0, 0.1) is 12.7 Å². The number of fused-ring (bicyclic) bond motifs is 1. The van der Waals surface area contributed by atoms with E-state index in [9.17, 15) is 4.39 Å². The fraction of sp³-hybridized carbons (Fsp3) is 0.333. The van der Waals surface area contributed by atoms with Crippen LogP contribution in [0.3, 0.4) is 0 Å². The molecular formula is C18H22FNO2. The van der Waals surface area contributed by atoms with Gasteiger partial charge in [0, 0.05) is 5.56 Å². The van der Waals surface area contributed by atoms with Crippen LogP contribution in [0.4, 0.5) is 4.39 Å². The Morgan fingerprint density at radius 3 is 2.59 bits per heavy atom. The second kappa shape index (κ2) is 7.27. The van der Waals surface area contributed by atoms with Gasteiger partial charge in [-0.05, 0) is 67.8 Å². The molecule has 0 aliphatic carbocycles. The second-order valence-corrected chi connectivity index (χ2v) is 5.07. The summed E-state index contributed by atoms with van der Waals surface area (Å²) >= 11 is 0. The topological polar surface area (TPSA) is 44.5 Å². The minimum absolute atomic E-state index is 0.209. The Labute approximate surface area is 130 Å². The molecule has 1 aliphatic heterocycles. The van der Waals surface area contributed by atoms with Crippen molar-refractivity contribution in [2.24, 2.45) is 5.73 Å². The first-order valence-electron chi connectivity index (χ1n) is 7.37. The number of halogens is 1. The molecule has 118 valence electrons. The van der Waals surface area contributed by atoms with Crippen LogP contribution in [0.5, 0.6) is 11.5 Å². The van der Waals surface area contributed by atoms with Crippen molar-refractivity contribution in [3.05, 3.63) is 47.3 Å². The minimum Gasteiger partial charge on any atom is -0.497 e.